The van der Waals surface area contributed by atoms with Crippen LogP contribution < -0.4 is 20.3 Å². The Morgan fingerprint density at radius 2 is 1.70 bits per heavy atom. The summed E-state index contributed by atoms with van der Waals surface area (Å²) in [6.45, 7) is 0. The molecule has 4 rings (SSSR count). The predicted octanol–water partition coefficient (Wildman–Crippen LogP) is 3.66. The summed E-state index contributed by atoms with van der Waals surface area (Å²) in [5.41, 5.74) is 1.92. The van der Waals surface area contributed by atoms with Gasteiger partial charge in [0.1, 0.15) is 17.8 Å². The molecule has 0 saturated carbocycles. The van der Waals surface area contributed by atoms with Gasteiger partial charge in [0.25, 0.3) is 11.5 Å². The molecule has 1 heterocycles. The topological polar surface area (TPSA) is 82.5 Å². The molecule has 7 heteroatoms. The lowest BCUT2D eigenvalue weighted by molar-refractivity contribution is 0.102. The summed E-state index contributed by atoms with van der Waals surface area (Å²) in [4.78, 5) is 29.9. The number of benzene rings is 3. The van der Waals surface area contributed by atoms with E-state index in [9.17, 15) is 9.59 Å². The van der Waals surface area contributed by atoms with Crippen LogP contribution in [0.5, 0.6) is 11.5 Å². The van der Waals surface area contributed by atoms with Crippen LogP contribution in [0.25, 0.3) is 16.6 Å². The van der Waals surface area contributed by atoms with Gasteiger partial charge in [0.05, 0.1) is 30.8 Å². The zero-order valence-corrected chi connectivity index (χ0v) is 16.5. The third-order valence-electron chi connectivity index (χ3n) is 4.70. The van der Waals surface area contributed by atoms with Crippen molar-refractivity contribution in [3.63, 3.8) is 0 Å². The molecule has 30 heavy (non-hydrogen) atoms. The molecule has 3 aromatic carbocycles. The van der Waals surface area contributed by atoms with Crippen molar-refractivity contribution in [3.8, 4) is 17.2 Å². The van der Waals surface area contributed by atoms with Gasteiger partial charge < -0.3 is 14.8 Å². The van der Waals surface area contributed by atoms with Crippen LogP contribution >= 0.6 is 0 Å². The van der Waals surface area contributed by atoms with Crippen LogP contribution in [0.15, 0.2) is 77.9 Å². The van der Waals surface area contributed by atoms with Gasteiger partial charge in [0.15, 0.2) is 0 Å². The molecule has 1 amide bonds. The molecule has 0 aliphatic heterocycles. The van der Waals surface area contributed by atoms with Crippen molar-refractivity contribution in [1.29, 1.82) is 0 Å². The number of anilines is 1. The SMILES string of the molecule is COc1ccc(-n2cnc3cc(C(=O)Nc4cccc(OC)c4)ccc3c2=O)cc1. The fourth-order valence-electron chi connectivity index (χ4n) is 3.09. The van der Waals surface area contributed by atoms with Gasteiger partial charge >= 0.3 is 0 Å². The zero-order valence-electron chi connectivity index (χ0n) is 16.5. The maximum Gasteiger partial charge on any atom is 0.265 e. The monoisotopic (exact) mass is 401 g/mol. The van der Waals surface area contributed by atoms with E-state index in [0.717, 1.165) is 0 Å². The minimum absolute atomic E-state index is 0.218. The van der Waals surface area contributed by atoms with Gasteiger partial charge in [-0.25, -0.2) is 4.98 Å². The van der Waals surface area contributed by atoms with Gasteiger partial charge in [0.2, 0.25) is 0 Å². The molecule has 0 aliphatic carbocycles. The number of nitrogens with one attached hydrogen (secondary N) is 1. The standard InChI is InChI=1S/C23H19N3O4/c1-29-18-9-7-17(8-10-18)26-14-24-21-12-15(6-11-20(21)23(26)28)22(27)25-16-4-3-5-19(13-16)30-2/h3-14H,1-2H3,(H,25,27). The van der Waals surface area contributed by atoms with Crippen molar-refractivity contribution in [2.45, 2.75) is 0 Å². The van der Waals surface area contributed by atoms with Gasteiger partial charge in [-0.15, -0.1) is 0 Å². The first kappa shape index (κ1) is 19.2. The average molecular weight is 401 g/mol. The smallest absolute Gasteiger partial charge is 0.265 e. The van der Waals surface area contributed by atoms with Crippen molar-refractivity contribution in [1.82, 2.24) is 9.55 Å². The molecule has 4 aromatic rings. The van der Waals surface area contributed by atoms with E-state index in [2.05, 4.69) is 10.3 Å². The minimum Gasteiger partial charge on any atom is -0.497 e. The molecule has 7 nitrogen and oxygen atoms in total. The first-order chi connectivity index (χ1) is 14.6. The average Bonchev–Trinajstić information content (AvgIpc) is 2.79. The summed E-state index contributed by atoms with van der Waals surface area (Å²) in [7, 11) is 3.15. The summed E-state index contributed by atoms with van der Waals surface area (Å²) in [6.07, 6.45) is 1.45. The highest BCUT2D eigenvalue weighted by atomic mass is 16.5. The molecule has 1 aromatic heterocycles. The summed E-state index contributed by atoms with van der Waals surface area (Å²) in [6, 6.07) is 19.0. The second kappa shape index (κ2) is 8.08. The molecule has 0 saturated heterocycles. The molecule has 1 N–H and O–H groups in total. The van der Waals surface area contributed by atoms with E-state index in [1.54, 1.807) is 80.9 Å². The lowest BCUT2D eigenvalue weighted by Crippen LogP contribution is -2.19. The maximum absolute atomic E-state index is 12.9. The highest BCUT2D eigenvalue weighted by Gasteiger charge is 2.11. The fraction of sp³-hybridized carbons (Fsp3) is 0.0870. The van der Waals surface area contributed by atoms with Crippen LogP contribution in [0.3, 0.4) is 0 Å². The summed E-state index contributed by atoms with van der Waals surface area (Å²) < 4.78 is 11.8. The van der Waals surface area contributed by atoms with Crippen LogP contribution in [0.1, 0.15) is 10.4 Å². The molecule has 150 valence electrons. The van der Waals surface area contributed by atoms with E-state index in [4.69, 9.17) is 9.47 Å². The van der Waals surface area contributed by atoms with E-state index in [1.807, 2.05) is 0 Å². The lowest BCUT2D eigenvalue weighted by atomic mass is 10.1. The lowest BCUT2D eigenvalue weighted by Gasteiger charge is -2.09. The number of amides is 1. The first-order valence-corrected chi connectivity index (χ1v) is 9.20. The van der Waals surface area contributed by atoms with Crippen molar-refractivity contribution in [2.75, 3.05) is 19.5 Å². The molecule has 0 fully saturated rings. The molecule has 0 unspecified atom stereocenters. The van der Waals surface area contributed by atoms with Gasteiger partial charge in [-0.3, -0.25) is 14.2 Å². The third kappa shape index (κ3) is 3.73. The summed E-state index contributed by atoms with van der Waals surface area (Å²) in [5, 5.41) is 3.24. The Bertz CT molecular complexity index is 1280. The zero-order chi connectivity index (χ0) is 21.1. The predicted molar refractivity (Wildman–Crippen MR) is 115 cm³/mol. The van der Waals surface area contributed by atoms with Gasteiger partial charge in [0, 0.05) is 17.3 Å². The van der Waals surface area contributed by atoms with Crippen LogP contribution in [-0.4, -0.2) is 29.7 Å². The van der Waals surface area contributed by atoms with Crippen molar-refractivity contribution < 1.29 is 14.3 Å². The Morgan fingerprint density at radius 3 is 2.43 bits per heavy atom. The number of aromatic nitrogens is 2. The molecule has 0 aliphatic rings. The number of nitrogens with zero attached hydrogens (tertiary/aromatic N) is 2. The third-order valence-corrected chi connectivity index (χ3v) is 4.70. The largest absolute Gasteiger partial charge is 0.497 e. The van der Waals surface area contributed by atoms with Gasteiger partial charge in [-0.2, -0.15) is 0 Å². The van der Waals surface area contributed by atoms with Crippen LogP contribution in [0.2, 0.25) is 0 Å². The fourth-order valence-corrected chi connectivity index (χ4v) is 3.09. The maximum atomic E-state index is 12.9. The summed E-state index contributed by atoms with van der Waals surface area (Å²) >= 11 is 0. The molecule has 0 bridgehead atoms. The Balaban J connectivity index is 1.64. The molecule has 0 atom stereocenters. The number of methoxy groups -OCH3 is 2. The van der Waals surface area contributed by atoms with Gasteiger partial charge in [-0.05, 0) is 54.6 Å². The van der Waals surface area contributed by atoms with Crippen molar-refractivity contribution in [3.05, 3.63) is 89.0 Å². The number of carbonyl (C=O) groups is 1. The molecule has 0 spiro atoms. The van der Waals surface area contributed by atoms with Crippen LogP contribution in [0.4, 0.5) is 5.69 Å². The normalized spacial score (nSPS) is 10.6. The van der Waals surface area contributed by atoms with E-state index >= 15 is 0 Å². The van der Waals surface area contributed by atoms with Crippen molar-refractivity contribution >= 4 is 22.5 Å². The Kier molecular flexibility index (Phi) is 5.17. The quantitative estimate of drug-likeness (QED) is 0.552. The molecular weight excluding hydrogens is 382 g/mol. The Labute approximate surface area is 172 Å². The van der Waals surface area contributed by atoms with Gasteiger partial charge in [-0.1, -0.05) is 6.07 Å². The van der Waals surface area contributed by atoms with E-state index in [-0.39, 0.29) is 11.5 Å². The molecular formula is C23H19N3O4. The van der Waals surface area contributed by atoms with Crippen molar-refractivity contribution in [2.24, 2.45) is 0 Å². The number of rotatable bonds is 5. The first-order valence-electron chi connectivity index (χ1n) is 9.20. The van der Waals surface area contributed by atoms with E-state index in [1.165, 1.54) is 10.9 Å². The minimum atomic E-state index is -0.300. The highest BCUT2D eigenvalue weighted by Crippen LogP contribution is 2.19. The molecule has 0 radical (unpaired) electrons. The number of ether oxygens (including phenoxy) is 2. The number of fused-ring (bicyclic) bond motifs is 1. The second-order valence-corrected chi connectivity index (χ2v) is 6.54. The summed E-state index contributed by atoms with van der Waals surface area (Å²) in [5.74, 6) is 1.05. The number of hydrogen-bond donors (Lipinski definition) is 1. The number of carbonyl (C=O) groups excluding carboxylic acids is 1. The highest BCUT2D eigenvalue weighted by molar-refractivity contribution is 6.06. The van der Waals surface area contributed by atoms with Crippen LogP contribution in [0, 0.1) is 0 Å². The Hall–Kier alpha value is -4.13. The van der Waals surface area contributed by atoms with E-state index < -0.39 is 0 Å². The van der Waals surface area contributed by atoms with E-state index in [0.29, 0.717) is 39.3 Å². The second-order valence-electron chi connectivity index (χ2n) is 6.54. The number of hydrogen-bond acceptors (Lipinski definition) is 5. The Morgan fingerprint density at radius 1 is 0.933 bits per heavy atom. The van der Waals surface area contributed by atoms with Crippen LogP contribution in [-0.2, 0) is 0 Å².